The summed E-state index contributed by atoms with van der Waals surface area (Å²) in [5, 5.41) is 4.82. The number of methoxy groups -OCH3 is 1. The Morgan fingerprint density at radius 2 is 2.04 bits per heavy atom. The maximum atomic E-state index is 13.7. The van der Waals surface area contributed by atoms with Gasteiger partial charge in [0.2, 0.25) is 5.91 Å². The first-order chi connectivity index (χ1) is 13.2. The number of fused-ring (bicyclic) bond motifs is 3. The van der Waals surface area contributed by atoms with Crippen LogP contribution in [0.15, 0.2) is 54.7 Å². The molecule has 4 aromatic rings. The van der Waals surface area contributed by atoms with Crippen LogP contribution in [-0.4, -0.2) is 23.0 Å². The fraction of sp³-hybridized carbons (Fsp3) is 0.143. The Labute approximate surface area is 155 Å². The van der Waals surface area contributed by atoms with Crippen molar-refractivity contribution in [3.63, 3.8) is 0 Å². The van der Waals surface area contributed by atoms with Crippen molar-refractivity contribution < 1.29 is 13.9 Å². The summed E-state index contributed by atoms with van der Waals surface area (Å²) in [6.45, 7) is 0. The highest BCUT2D eigenvalue weighted by molar-refractivity contribution is 6.12. The van der Waals surface area contributed by atoms with Gasteiger partial charge in [-0.15, -0.1) is 0 Å². The molecular weight excluding hydrogens is 345 g/mol. The molecule has 2 aromatic heterocycles. The number of aryl methyl sites for hydroxylation is 1. The average Bonchev–Trinajstić information content (AvgIpc) is 3.06. The highest BCUT2D eigenvalue weighted by Crippen LogP contribution is 2.31. The summed E-state index contributed by atoms with van der Waals surface area (Å²) in [7, 11) is 1.62. The Bertz CT molecular complexity index is 1140. The van der Waals surface area contributed by atoms with Crippen LogP contribution in [0.3, 0.4) is 0 Å². The minimum absolute atomic E-state index is 0.174. The highest BCUT2D eigenvalue weighted by atomic mass is 19.1. The lowest BCUT2D eigenvalue weighted by molar-refractivity contribution is -0.116. The van der Waals surface area contributed by atoms with E-state index in [1.165, 1.54) is 6.07 Å². The first-order valence-corrected chi connectivity index (χ1v) is 8.63. The van der Waals surface area contributed by atoms with E-state index in [0.717, 1.165) is 27.6 Å². The van der Waals surface area contributed by atoms with Crippen LogP contribution in [0.4, 0.5) is 10.2 Å². The third-order valence-electron chi connectivity index (χ3n) is 4.56. The van der Waals surface area contributed by atoms with Gasteiger partial charge in [0, 0.05) is 29.5 Å². The molecular formula is C21H18FN3O2. The van der Waals surface area contributed by atoms with Crippen molar-refractivity contribution in [2.24, 2.45) is 0 Å². The number of amides is 1. The van der Waals surface area contributed by atoms with Crippen molar-refractivity contribution in [1.29, 1.82) is 0 Å². The molecule has 0 aliphatic rings. The minimum atomic E-state index is -0.296. The van der Waals surface area contributed by atoms with Gasteiger partial charge in [-0.2, -0.15) is 0 Å². The molecule has 0 aliphatic heterocycles. The zero-order chi connectivity index (χ0) is 18.8. The molecule has 2 heterocycles. The number of aromatic nitrogens is 2. The number of hydrogen-bond acceptors (Lipinski definition) is 3. The summed E-state index contributed by atoms with van der Waals surface area (Å²) in [6.07, 6.45) is 2.16. The number of anilines is 1. The van der Waals surface area contributed by atoms with E-state index in [4.69, 9.17) is 4.74 Å². The van der Waals surface area contributed by atoms with Crippen LogP contribution in [0.25, 0.3) is 21.8 Å². The van der Waals surface area contributed by atoms with Gasteiger partial charge in [0.15, 0.2) is 5.82 Å². The van der Waals surface area contributed by atoms with Crippen molar-refractivity contribution in [3.05, 3.63) is 66.1 Å². The van der Waals surface area contributed by atoms with Gasteiger partial charge in [0.05, 0.1) is 18.1 Å². The van der Waals surface area contributed by atoms with E-state index in [1.54, 1.807) is 31.5 Å². The second-order valence-corrected chi connectivity index (χ2v) is 6.26. The van der Waals surface area contributed by atoms with Crippen LogP contribution in [-0.2, 0) is 11.2 Å². The quantitative estimate of drug-likeness (QED) is 0.551. The Balaban J connectivity index is 1.58. The van der Waals surface area contributed by atoms with Gasteiger partial charge in [0.25, 0.3) is 0 Å². The number of carbonyl (C=O) groups is 1. The number of pyridine rings is 1. The molecule has 0 saturated heterocycles. The van der Waals surface area contributed by atoms with Crippen molar-refractivity contribution in [2.75, 3.05) is 12.4 Å². The minimum Gasteiger partial charge on any atom is -0.497 e. The molecule has 5 nitrogen and oxygen atoms in total. The molecule has 4 rings (SSSR count). The normalized spacial score (nSPS) is 11.0. The summed E-state index contributed by atoms with van der Waals surface area (Å²) >= 11 is 0. The second kappa shape index (κ2) is 7.07. The predicted octanol–water partition coefficient (Wildman–Crippen LogP) is 4.44. The van der Waals surface area contributed by atoms with Crippen LogP contribution < -0.4 is 10.1 Å². The molecule has 6 heteroatoms. The van der Waals surface area contributed by atoms with Crippen molar-refractivity contribution in [2.45, 2.75) is 12.8 Å². The zero-order valence-electron chi connectivity index (χ0n) is 14.8. The van der Waals surface area contributed by atoms with E-state index >= 15 is 0 Å². The van der Waals surface area contributed by atoms with Gasteiger partial charge < -0.3 is 15.0 Å². The molecule has 0 fully saturated rings. The van der Waals surface area contributed by atoms with E-state index in [-0.39, 0.29) is 18.1 Å². The predicted molar refractivity (Wildman–Crippen MR) is 104 cm³/mol. The number of rotatable bonds is 5. The maximum Gasteiger partial charge on any atom is 0.225 e. The Kier molecular flexibility index (Phi) is 4.46. The van der Waals surface area contributed by atoms with Gasteiger partial charge in [-0.25, -0.2) is 9.37 Å². The van der Waals surface area contributed by atoms with Crippen LogP contribution in [0.2, 0.25) is 0 Å². The van der Waals surface area contributed by atoms with E-state index in [2.05, 4.69) is 15.3 Å². The Morgan fingerprint density at radius 1 is 1.19 bits per heavy atom. The molecule has 2 N–H and O–H groups in total. The lowest BCUT2D eigenvalue weighted by Gasteiger charge is -2.06. The molecule has 0 aliphatic carbocycles. The summed E-state index contributed by atoms with van der Waals surface area (Å²) in [5.41, 5.74) is 2.18. The van der Waals surface area contributed by atoms with E-state index in [9.17, 15) is 9.18 Å². The van der Waals surface area contributed by atoms with Gasteiger partial charge in [-0.05, 0) is 36.2 Å². The number of benzene rings is 2. The standard InChI is InChI=1S/C21H18FN3O2/c1-27-14-7-8-15-16-10-11-23-21(20(16)24-18(15)12-14)25-19(26)9-6-13-4-2-3-5-17(13)22/h2-5,7-8,10-12,24H,6,9H2,1H3,(H,23,25,26). The van der Waals surface area contributed by atoms with Crippen LogP contribution in [0.5, 0.6) is 5.75 Å². The number of H-pyrrole nitrogens is 1. The van der Waals surface area contributed by atoms with Crippen LogP contribution in [0, 0.1) is 5.82 Å². The summed E-state index contributed by atoms with van der Waals surface area (Å²) in [5.74, 6) is 0.697. The molecule has 0 spiro atoms. The Hall–Kier alpha value is -3.41. The van der Waals surface area contributed by atoms with Gasteiger partial charge >= 0.3 is 0 Å². The number of halogens is 1. The maximum absolute atomic E-state index is 13.7. The summed E-state index contributed by atoms with van der Waals surface area (Å²) in [4.78, 5) is 19.9. The topological polar surface area (TPSA) is 67.0 Å². The SMILES string of the molecule is COc1ccc2c(c1)[nH]c1c(NC(=O)CCc3ccccc3F)nccc12. The number of hydrogen-bond donors (Lipinski definition) is 2. The molecule has 0 radical (unpaired) electrons. The van der Waals surface area contributed by atoms with Crippen LogP contribution >= 0.6 is 0 Å². The average molecular weight is 363 g/mol. The lowest BCUT2D eigenvalue weighted by Crippen LogP contribution is -2.14. The first-order valence-electron chi connectivity index (χ1n) is 8.63. The molecule has 136 valence electrons. The van der Waals surface area contributed by atoms with Gasteiger partial charge in [-0.3, -0.25) is 4.79 Å². The van der Waals surface area contributed by atoms with E-state index < -0.39 is 0 Å². The van der Waals surface area contributed by atoms with Crippen molar-refractivity contribution >= 4 is 33.5 Å². The lowest BCUT2D eigenvalue weighted by atomic mass is 10.1. The fourth-order valence-corrected chi connectivity index (χ4v) is 3.17. The largest absolute Gasteiger partial charge is 0.497 e. The van der Waals surface area contributed by atoms with Crippen LogP contribution in [0.1, 0.15) is 12.0 Å². The molecule has 0 unspecified atom stereocenters. The van der Waals surface area contributed by atoms with Crippen molar-refractivity contribution in [3.8, 4) is 5.75 Å². The van der Waals surface area contributed by atoms with E-state index in [1.807, 2.05) is 24.3 Å². The molecule has 0 bridgehead atoms. The van der Waals surface area contributed by atoms with Gasteiger partial charge in [0.1, 0.15) is 11.6 Å². The number of aromatic amines is 1. The second-order valence-electron chi connectivity index (χ2n) is 6.26. The smallest absolute Gasteiger partial charge is 0.225 e. The highest BCUT2D eigenvalue weighted by Gasteiger charge is 2.13. The summed E-state index contributed by atoms with van der Waals surface area (Å²) in [6, 6.07) is 14.1. The third kappa shape index (κ3) is 3.33. The third-order valence-corrected chi connectivity index (χ3v) is 4.56. The monoisotopic (exact) mass is 363 g/mol. The molecule has 0 atom stereocenters. The number of carbonyl (C=O) groups excluding carboxylic acids is 1. The molecule has 2 aromatic carbocycles. The fourth-order valence-electron chi connectivity index (χ4n) is 3.17. The first kappa shape index (κ1) is 17.0. The number of nitrogens with one attached hydrogen (secondary N) is 2. The molecule has 1 amide bonds. The van der Waals surface area contributed by atoms with Gasteiger partial charge in [-0.1, -0.05) is 18.2 Å². The Morgan fingerprint density at radius 3 is 2.85 bits per heavy atom. The van der Waals surface area contributed by atoms with Crippen molar-refractivity contribution in [1.82, 2.24) is 9.97 Å². The summed E-state index contributed by atoms with van der Waals surface area (Å²) < 4.78 is 19.0. The zero-order valence-corrected chi connectivity index (χ0v) is 14.8. The van der Waals surface area contributed by atoms with E-state index in [0.29, 0.717) is 17.8 Å². The molecule has 0 saturated carbocycles. The number of nitrogens with zero attached hydrogens (tertiary/aromatic N) is 1. The molecule has 27 heavy (non-hydrogen) atoms. The number of ether oxygens (including phenoxy) is 1.